The second-order valence-corrected chi connectivity index (χ2v) is 10.4. The number of allylic oxidation sites excluding steroid dienone is 1. The van der Waals surface area contributed by atoms with Crippen LogP contribution in [0, 0.1) is 0 Å². The van der Waals surface area contributed by atoms with Gasteiger partial charge >= 0.3 is 11.9 Å². The average molecular weight is 588 g/mol. The number of amides is 1. The molecule has 0 fully saturated rings. The summed E-state index contributed by atoms with van der Waals surface area (Å²) in [4.78, 5) is 59.5. The predicted molar refractivity (Wildman–Crippen MR) is 157 cm³/mol. The molecule has 0 aliphatic carbocycles. The van der Waals surface area contributed by atoms with Crippen LogP contribution in [0.1, 0.15) is 44.9 Å². The van der Waals surface area contributed by atoms with Crippen molar-refractivity contribution in [3.8, 4) is 11.5 Å². The molecule has 0 radical (unpaired) electrons. The Labute approximate surface area is 245 Å². The van der Waals surface area contributed by atoms with Gasteiger partial charge in [-0.3, -0.25) is 19.0 Å². The summed E-state index contributed by atoms with van der Waals surface area (Å²) in [6.45, 7) is 10.9. The maximum atomic E-state index is 14.3. The van der Waals surface area contributed by atoms with E-state index in [1.54, 1.807) is 56.0 Å². The van der Waals surface area contributed by atoms with E-state index >= 15 is 0 Å². The lowest BCUT2D eigenvalue weighted by Crippen LogP contribution is -2.41. The fourth-order valence-electron chi connectivity index (χ4n) is 5.17. The van der Waals surface area contributed by atoms with Crippen molar-refractivity contribution in [2.24, 2.45) is 4.99 Å². The molecule has 216 valence electrons. The van der Waals surface area contributed by atoms with Crippen LogP contribution in [-0.4, -0.2) is 42.2 Å². The second kappa shape index (κ2) is 11.6. The molecule has 1 aromatic heterocycles. The molecular formula is C31H29N3O7S. The normalized spacial score (nSPS) is 16.9. The van der Waals surface area contributed by atoms with Crippen molar-refractivity contribution < 1.29 is 28.6 Å². The first-order valence-corrected chi connectivity index (χ1v) is 14.2. The summed E-state index contributed by atoms with van der Waals surface area (Å²) in [6, 6.07) is 11.2. The molecule has 10 nitrogen and oxygen atoms in total. The summed E-state index contributed by atoms with van der Waals surface area (Å²) in [7, 11) is 0. The Kier molecular flexibility index (Phi) is 7.95. The molecule has 0 bridgehead atoms. The number of hydrogen-bond acceptors (Lipinski definition) is 9. The fraction of sp³-hybridized carbons (Fsp3) is 0.258. The minimum Gasteiger partial charge on any atom is -0.490 e. The maximum absolute atomic E-state index is 14.3. The zero-order chi connectivity index (χ0) is 30.1. The molecule has 2 aliphatic rings. The van der Waals surface area contributed by atoms with Gasteiger partial charge in [0, 0.05) is 19.0 Å². The Morgan fingerprint density at radius 1 is 1.10 bits per heavy atom. The summed E-state index contributed by atoms with van der Waals surface area (Å²) in [6.07, 6.45) is 1.63. The van der Waals surface area contributed by atoms with Crippen molar-refractivity contribution in [2.45, 2.75) is 33.7 Å². The zero-order valence-corrected chi connectivity index (χ0v) is 24.4. The number of benzene rings is 2. The van der Waals surface area contributed by atoms with Crippen LogP contribution in [0.4, 0.5) is 5.69 Å². The third kappa shape index (κ3) is 4.85. The summed E-state index contributed by atoms with van der Waals surface area (Å²) in [5.74, 6) is -0.982. The van der Waals surface area contributed by atoms with E-state index < -0.39 is 23.5 Å². The molecule has 2 aliphatic heterocycles. The van der Waals surface area contributed by atoms with Crippen LogP contribution in [-0.2, 0) is 19.1 Å². The van der Waals surface area contributed by atoms with Crippen molar-refractivity contribution in [2.75, 3.05) is 24.7 Å². The van der Waals surface area contributed by atoms with E-state index in [2.05, 4.69) is 11.6 Å². The van der Waals surface area contributed by atoms with Crippen molar-refractivity contribution in [3.63, 3.8) is 0 Å². The first kappa shape index (κ1) is 28.7. The van der Waals surface area contributed by atoms with E-state index in [4.69, 9.17) is 14.2 Å². The van der Waals surface area contributed by atoms with Gasteiger partial charge in [0.2, 0.25) is 0 Å². The van der Waals surface area contributed by atoms with Crippen LogP contribution < -0.4 is 29.3 Å². The molecule has 3 heterocycles. The summed E-state index contributed by atoms with van der Waals surface area (Å²) < 4.78 is 18.1. The highest BCUT2D eigenvalue weighted by Crippen LogP contribution is 2.37. The highest BCUT2D eigenvalue weighted by Gasteiger charge is 2.37. The van der Waals surface area contributed by atoms with E-state index in [1.807, 2.05) is 18.2 Å². The molecule has 11 heteroatoms. The molecule has 42 heavy (non-hydrogen) atoms. The van der Waals surface area contributed by atoms with Crippen molar-refractivity contribution in [1.29, 1.82) is 0 Å². The lowest BCUT2D eigenvalue weighted by atomic mass is 9.95. The molecule has 0 N–H and O–H groups in total. The molecule has 2 aromatic carbocycles. The second-order valence-electron chi connectivity index (χ2n) is 9.45. The number of para-hydroxylation sites is 1. The minimum atomic E-state index is -0.948. The first-order valence-electron chi connectivity index (χ1n) is 13.4. The molecule has 0 spiro atoms. The average Bonchev–Trinajstić information content (AvgIpc) is 3.41. The molecule has 1 atom stereocenters. The third-order valence-corrected chi connectivity index (χ3v) is 7.84. The van der Waals surface area contributed by atoms with Crippen molar-refractivity contribution in [3.05, 3.63) is 97.2 Å². The largest absolute Gasteiger partial charge is 0.490 e. The third-order valence-electron chi connectivity index (χ3n) is 6.79. The van der Waals surface area contributed by atoms with Gasteiger partial charge in [0.05, 0.1) is 41.8 Å². The Hall–Kier alpha value is -4.77. The molecule has 0 saturated carbocycles. The summed E-state index contributed by atoms with van der Waals surface area (Å²) in [5, 5.41) is 0. The van der Waals surface area contributed by atoms with E-state index in [1.165, 1.54) is 11.5 Å². The van der Waals surface area contributed by atoms with Crippen molar-refractivity contribution in [1.82, 2.24) is 4.57 Å². The Morgan fingerprint density at radius 2 is 1.86 bits per heavy atom. The maximum Gasteiger partial charge on any atom is 0.338 e. The van der Waals surface area contributed by atoms with E-state index in [9.17, 15) is 19.2 Å². The molecule has 5 rings (SSSR count). The number of fused-ring (bicyclic) bond motifs is 2. The Balaban J connectivity index is 1.80. The number of thiazole rings is 1. The van der Waals surface area contributed by atoms with Gasteiger partial charge in [-0.15, -0.1) is 6.58 Å². The van der Waals surface area contributed by atoms with Crippen LogP contribution in [0.5, 0.6) is 11.5 Å². The van der Waals surface area contributed by atoms with Gasteiger partial charge in [0.15, 0.2) is 16.3 Å². The van der Waals surface area contributed by atoms with E-state index in [0.717, 1.165) is 11.3 Å². The number of carbonyl (C=O) groups excluding carboxylic acids is 3. The Bertz CT molecular complexity index is 1850. The quantitative estimate of drug-likeness (QED) is 0.226. The van der Waals surface area contributed by atoms with Gasteiger partial charge in [-0.05, 0) is 44.5 Å². The number of aromatic nitrogens is 1. The number of rotatable bonds is 8. The summed E-state index contributed by atoms with van der Waals surface area (Å²) in [5.41, 5.74) is 2.19. The first-order chi connectivity index (χ1) is 20.2. The van der Waals surface area contributed by atoms with Crippen LogP contribution in [0.3, 0.4) is 0 Å². The molecule has 0 saturated heterocycles. The van der Waals surface area contributed by atoms with Gasteiger partial charge in [-0.2, -0.15) is 0 Å². The SMILES string of the molecule is C=CCN1C(=O)/C(=c2\sc3n(c2=O)C(c2ccc(OC(C)=O)c(OCC)c2)C(C(=O)OCC)=C(C)N=3)c2ccccc21. The highest BCUT2D eigenvalue weighted by molar-refractivity contribution is 7.07. The number of anilines is 1. The van der Waals surface area contributed by atoms with Crippen molar-refractivity contribution >= 4 is 40.4 Å². The predicted octanol–water partition coefficient (Wildman–Crippen LogP) is 3.03. The Morgan fingerprint density at radius 3 is 2.55 bits per heavy atom. The standard InChI is InChI=1S/C31H29N3O7S/c1-6-15-33-21-12-10-9-11-20(21)25(28(33)36)27-29(37)34-26(24(30(38)40-8-3)17(4)32-31(34)42-27)19-13-14-22(41-18(5)35)23(16-19)39-7-2/h6,9-14,16,26H,1,7-8,15H2,2-5H3/b27-25-. The van der Waals surface area contributed by atoms with Crippen LogP contribution in [0.2, 0.25) is 0 Å². The number of carbonyl (C=O) groups is 3. The highest BCUT2D eigenvalue weighted by atomic mass is 32.1. The fourth-order valence-corrected chi connectivity index (χ4v) is 6.31. The molecule has 1 amide bonds. The number of ether oxygens (including phenoxy) is 3. The van der Waals surface area contributed by atoms with Gasteiger partial charge in [-0.1, -0.05) is 41.7 Å². The lowest BCUT2D eigenvalue weighted by Gasteiger charge is -2.25. The number of hydrogen-bond donors (Lipinski definition) is 0. The van der Waals surface area contributed by atoms with Crippen LogP contribution in [0.25, 0.3) is 5.57 Å². The van der Waals surface area contributed by atoms with E-state index in [-0.39, 0.29) is 52.8 Å². The monoisotopic (exact) mass is 587 g/mol. The van der Waals surface area contributed by atoms with Crippen LogP contribution in [0.15, 0.2) is 76.2 Å². The zero-order valence-electron chi connectivity index (χ0n) is 23.6. The summed E-state index contributed by atoms with van der Waals surface area (Å²) >= 11 is 1.09. The minimum absolute atomic E-state index is 0.122. The topological polar surface area (TPSA) is 117 Å². The van der Waals surface area contributed by atoms with E-state index in [0.29, 0.717) is 27.3 Å². The lowest BCUT2D eigenvalue weighted by molar-refractivity contribution is -0.139. The smallest absolute Gasteiger partial charge is 0.338 e. The van der Waals surface area contributed by atoms with Gasteiger partial charge in [0.1, 0.15) is 4.53 Å². The van der Waals surface area contributed by atoms with Gasteiger partial charge in [-0.25, -0.2) is 9.79 Å². The van der Waals surface area contributed by atoms with Gasteiger partial charge in [0.25, 0.3) is 11.5 Å². The van der Waals surface area contributed by atoms with Crippen LogP contribution >= 0.6 is 11.3 Å². The number of esters is 2. The number of nitrogens with zero attached hydrogens (tertiary/aromatic N) is 3. The molecular weight excluding hydrogens is 558 g/mol. The molecule has 3 aromatic rings. The van der Waals surface area contributed by atoms with Gasteiger partial charge < -0.3 is 19.1 Å². The molecule has 1 unspecified atom stereocenters.